The van der Waals surface area contributed by atoms with E-state index < -0.39 is 0 Å². The maximum Gasteiger partial charge on any atom is 0.234 e. The Morgan fingerprint density at radius 2 is 2.25 bits per heavy atom. The molecule has 2 heterocycles. The monoisotopic (exact) mass is 293 g/mol. The van der Waals surface area contributed by atoms with Crippen molar-refractivity contribution < 1.29 is 4.79 Å². The van der Waals surface area contributed by atoms with Crippen LogP contribution in [0.3, 0.4) is 0 Å². The average Bonchev–Trinajstić information content (AvgIpc) is 2.99. The highest BCUT2D eigenvalue weighted by Crippen LogP contribution is 2.23. The number of carbonyl (C=O) groups excluding carboxylic acids is 1. The van der Waals surface area contributed by atoms with Crippen molar-refractivity contribution in [2.75, 3.05) is 39.3 Å². The van der Waals surface area contributed by atoms with Crippen LogP contribution < -0.4 is 5.32 Å². The fourth-order valence-corrected chi connectivity index (χ4v) is 3.22. The van der Waals surface area contributed by atoms with Crippen molar-refractivity contribution >= 4 is 17.2 Å². The molecule has 0 bridgehead atoms. The number of hydrogen-bond acceptors (Lipinski definition) is 4. The smallest absolute Gasteiger partial charge is 0.234 e. The zero-order valence-electron chi connectivity index (χ0n) is 12.0. The Morgan fingerprint density at radius 1 is 1.50 bits per heavy atom. The van der Waals surface area contributed by atoms with Crippen LogP contribution >= 0.6 is 11.3 Å². The number of nitrogens with one attached hydrogen (secondary N) is 1. The highest BCUT2D eigenvalue weighted by Gasteiger charge is 2.23. The Kier molecular flexibility index (Phi) is 5.76. The number of piperazine rings is 1. The summed E-state index contributed by atoms with van der Waals surface area (Å²) in [5.41, 5.74) is 1.40. The highest BCUT2D eigenvalue weighted by atomic mass is 32.1. The van der Waals surface area contributed by atoms with Gasteiger partial charge in [0.25, 0.3) is 0 Å². The Hall–Kier alpha value is -1.17. The molecule has 1 fully saturated rings. The number of nitrogens with zero attached hydrogens (tertiary/aromatic N) is 2. The van der Waals surface area contributed by atoms with Gasteiger partial charge in [0.15, 0.2) is 0 Å². The van der Waals surface area contributed by atoms with Crippen LogP contribution in [-0.2, 0) is 4.79 Å². The predicted octanol–water partition coefficient (Wildman–Crippen LogP) is 1.73. The largest absolute Gasteiger partial charge is 0.352 e. The molecule has 0 aromatic carbocycles. The molecule has 0 aliphatic carbocycles. The molecule has 1 N–H and O–H groups in total. The van der Waals surface area contributed by atoms with Crippen molar-refractivity contribution in [2.24, 2.45) is 0 Å². The van der Waals surface area contributed by atoms with Gasteiger partial charge in [-0.3, -0.25) is 14.6 Å². The summed E-state index contributed by atoms with van der Waals surface area (Å²) in [7, 11) is 0. The van der Waals surface area contributed by atoms with E-state index in [0.717, 1.165) is 26.2 Å². The number of thiophene rings is 1. The van der Waals surface area contributed by atoms with Gasteiger partial charge in [-0.2, -0.15) is 11.3 Å². The second-order valence-electron chi connectivity index (χ2n) is 5.14. The van der Waals surface area contributed by atoms with E-state index in [9.17, 15) is 4.79 Å². The van der Waals surface area contributed by atoms with E-state index in [1.165, 1.54) is 5.56 Å². The Labute approximate surface area is 125 Å². The lowest BCUT2D eigenvalue weighted by molar-refractivity contribution is -0.122. The zero-order chi connectivity index (χ0) is 14.4. The van der Waals surface area contributed by atoms with E-state index in [2.05, 4.69) is 45.4 Å². The maximum absolute atomic E-state index is 11.7. The van der Waals surface area contributed by atoms with Gasteiger partial charge in [0.1, 0.15) is 0 Å². The first kappa shape index (κ1) is 15.2. The van der Waals surface area contributed by atoms with Gasteiger partial charge >= 0.3 is 0 Å². The van der Waals surface area contributed by atoms with Gasteiger partial charge < -0.3 is 5.32 Å². The van der Waals surface area contributed by atoms with Crippen molar-refractivity contribution in [2.45, 2.75) is 13.0 Å². The molecule has 2 rings (SSSR count). The lowest BCUT2D eigenvalue weighted by Crippen LogP contribution is -2.49. The zero-order valence-corrected chi connectivity index (χ0v) is 12.9. The van der Waals surface area contributed by atoms with Gasteiger partial charge in [0, 0.05) is 38.8 Å². The van der Waals surface area contributed by atoms with Crippen LogP contribution in [-0.4, -0.2) is 55.0 Å². The summed E-state index contributed by atoms with van der Waals surface area (Å²) in [4.78, 5) is 16.4. The van der Waals surface area contributed by atoms with Gasteiger partial charge in [-0.25, -0.2) is 0 Å². The second kappa shape index (κ2) is 7.57. The SMILES string of the molecule is C=CCNC(=O)CN1CCN([C@H](C)c2ccsc2)CC1. The quantitative estimate of drug-likeness (QED) is 0.811. The molecule has 4 nitrogen and oxygen atoms in total. The topological polar surface area (TPSA) is 35.6 Å². The normalized spacial score (nSPS) is 18.6. The number of hydrogen-bond donors (Lipinski definition) is 1. The molecule has 5 heteroatoms. The van der Waals surface area contributed by atoms with Crippen LogP contribution in [0.2, 0.25) is 0 Å². The molecule has 1 aliphatic rings. The Morgan fingerprint density at radius 3 is 2.85 bits per heavy atom. The first-order valence-corrected chi connectivity index (χ1v) is 8.01. The van der Waals surface area contributed by atoms with E-state index in [-0.39, 0.29) is 5.91 Å². The molecule has 1 aliphatic heterocycles. The summed E-state index contributed by atoms with van der Waals surface area (Å²) < 4.78 is 0. The van der Waals surface area contributed by atoms with E-state index in [0.29, 0.717) is 19.1 Å². The minimum absolute atomic E-state index is 0.0873. The summed E-state index contributed by atoms with van der Waals surface area (Å²) in [6, 6.07) is 2.67. The highest BCUT2D eigenvalue weighted by molar-refractivity contribution is 7.07. The molecule has 110 valence electrons. The Bertz CT molecular complexity index is 424. The lowest BCUT2D eigenvalue weighted by atomic mass is 10.1. The minimum atomic E-state index is 0.0873. The van der Waals surface area contributed by atoms with Crippen molar-refractivity contribution in [1.82, 2.24) is 15.1 Å². The molecular weight excluding hydrogens is 270 g/mol. The standard InChI is InChI=1S/C15H23N3OS/c1-3-5-16-15(19)11-17-6-8-18(9-7-17)13(2)14-4-10-20-12-14/h3-4,10,12-13H,1,5-9,11H2,2H3,(H,16,19)/t13-/m1/s1. The average molecular weight is 293 g/mol. The first-order chi connectivity index (χ1) is 9.70. The van der Waals surface area contributed by atoms with Gasteiger partial charge in [-0.15, -0.1) is 6.58 Å². The third-order valence-corrected chi connectivity index (χ3v) is 4.49. The minimum Gasteiger partial charge on any atom is -0.352 e. The molecule has 0 radical (unpaired) electrons. The van der Waals surface area contributed by atoms with Crippen molar-refractivity contribution in [3.63, 3.8) is 0 Å². The van der Waals surface area contributed by atoms with Crippen molar-refractivity contribution in [3.05, 3.63) is 35.0 Å². The molecule has 1 aromatic heterocycles. The first-order valence-electron chi connectivity index (χ1n) is 7.07. The van der Waals surface area contributed by atoms with Crippen molar-refractivity contribution in [1.29, 1.82) is 0 Å². The van der Waals surface area contributed by atoms with E-state index >= 15 is 0 Å². The molecule has 1 saturated heterocycles. The summed E-state index contributed by atoms with van der Waals surface area (Å²) in [5.74, 6) is 0.0873. The third kappa shape index (κ3) is 4.16. The molecule has 0 saturated carbocycles. The van der Waals surface area contributed by atoms with Crippen LogP contribution in [0.15, 0.2) is 29.5 Å². The van der Waals surface area contributed by atoms with Crippen LogP contribution in [0.25, 0.3) is 0 Å². The molecule has 0 unspecified atom stereocenters. The fourth-order valence-electron chi connectivity index (χ4n) is 2.48. The van der Waals surface area contributed by atoms with Crippen LogP contribution in [0.1, 0.15) is 18.5 Å². The van der Waals surface area contributed by atoms with E-state index in [1.54, 1.807) is 17.4 Å². The van der Waals surface area contributed by atoms with Crippen LogP contribution in [0.5, 0.6) is 0 Å². The summed E-state index contributed by atoms with van der Waals surface area (Å²) in [5, 5.41) is 7.18. The number of amides is 1. The summed E-state index contributed by atoms with van der Waals surface area (Å²) >= 11 is 1.75. The van der Waals surface area contributed by atoms with E-state index in [1.807, 2.05) is 0 Å². The van der Waals surface area contributed by atoms with Crippen molar-refractivity contribution in [3.8, 4) is 0 Å². The summed E-state index contributed by atoms with van der Waals surface area (Å²) in [6.07, 6.45) is 1.71. The van der Waals surface area contributed by atoms with E-state index in [4.69, 9.17) is 0 Å². The summed E-state index contributed by atoms with van der Waals surface area (Å²) in [6.45, 7) is 10.8. The van der Waals surface area contributed by atoms with Gasteiger partial charge in [-0.1, -0.05) is 6.08 Å². The molecule has 1 atom stereocenters. The number of carbonyl (C=O) groups is 1. The second-order valence-corrected chi connectivity index (χ2v) is 5.92. The third-order valence-electron chi connectivity index (χ3n) is 3.79. The fraction of sp³-hybridized carbons (Fsp3) is 0.533. The van der Waals surface area contributed by atoms with Crippen LogP contribution in [0, 0.1) is 0 Å². The molecule has 0 spiro atoms. The number of rotatable bonds is 6. The molecule has 1 amide bonds. The van der Waals surface area contributed by atoms with Gasteiger partial charge in [0.2, 0.25) is 5.91 Å². The lowest BCUT2D eigenvalue weighted by Gasteiger charge is -2.37. The van der Waals surface area contributed by atoms with Gasteiger partial charge in [0.05, 0.1) is 6.54 Å². The predicted molar refractivity (Wildman–Crippen MR) is 84.0 cm³/mol. The molecule has 1 aromatic rings. The van der Waals surface area contributed by atoms with Gasteiger partial charge in [-0.05, 0) is 29.3 Å². The maximum atomic E-state index is 11.7. The molecule has 20 heavy (non-hydrogen) atoms. The van der Waals surface area contributed by atoms with Crippen LogP contribution in [0.4, 0.5) is 0 Å². The molecular formula is C15H23N3OS. The Balaban J connectivity index is 1.75.